The summed E-state index contributed by atoms with van der Waals surface area (Å²) >= 11 is 0. The van der Waals surface area contributed by atoms with Gasteiger partial charge in [-0.2, -0.15) is 0 Å². The first-order chi connectivity index (χ1) is 10.1. The van der Waals surface area contributed by atoms with E-state index in [2.05, 4.69) is 0 Å². The first-order valence-electron chi connectivity index (χ1n) is 7.05. The number of carbonyl (C=O) groups excluding carboxylic acids is 1. The minimum Gasteiger partial charge on any atom is -0.399 e. The highest BCUT2D eigenvalue weighted by atomic mass is 19.1. The zero-order chi connectivity index (χ0) is 14.8. The third-order valence-corrected chi connectivity index (χ3v) is 3.69. The molecule has 1 amide bonds. The summed E-state index contributed by atoms with van der Waals surface area (Å²) in [5.74, 6) is -0.710. The summed E-state index contributed by atoms with van der Waals surface area (Å²) in [6, 6.07) is 13.8. The van der Waals surface area contributed by atoms with E-state index in [0.29, 0.717) is 12.2 Å². The van der Waals surface area contributed by atoms with Crippen molar-refractivity contribution >= 4 is 11.6 Å². The van der Waals surface area contributed by atoms with Crippen LogP contribution in [-0.2, 0) is 6.54 Å². The van der Waals surface area contributed by atoms with Gasteiger partial charge < -0.3 is 10.6 Å². The number of hydrogen-bond acceptors (Lipinski definition) is 2. The van der Waals surface area contributed by atoms with Crippen LogP contribution in [0.1, 0.15) is 28.8 Å². The molecular formula is C17H17FN2O. The molecule has 2 aromatic rings. The van der Waals surface area contributed by atoms with Gasteiger partial charge in [-0.15, -0.1) is 0 Å². The monoisotopic (exact) mass is 284 g/mol. The van der Waals surface area contributed by atoms with Gasteiger partial charge in [0.05, 0.1) is 5.56 Å². The Labute approximate surface area is 123 Å². The van der Waals surface area contributed by atoms with E-state index >= 15 is 0 Å². The van der Waals surface area contributed by atoms with E-state index in [9.17, 15) is 9.18 Å². The summed E-state index contributed by atoms with van der Waals surface area (Å²) in [6.45, 7) is 0.484. The summed E-state index contributed by atoms with van der Waals surface area (Å²) in [6.07, 6.45) is 1.96. The molecule has 0 bridgehead atoms. The zero-order valence-electron chi connectivity index (χ0n) is 11.6. The molecule has 0 heterocycles. The number of benzene rings is 2. The first-order valence-corrected chi connectivity index (χ1v) is 7.05. The number of halogens is 1. The third kappa shape index (κ3) is 3.05. The van der Waals surface area contributed by atoms with Crippen LogP contribution in [0.25, 0.3) is 0 Å². The molecule has 2 N–H and O–H groups in total. The molecule has 1 aliphatic carbocycles. The lowest BCUT2D eigenvalue weighted by molar-refractivity contribution is 0.0725. The second-order valence-electron chi connectivity index (χ2n) is 5.39. The predicted molar refractivity (Wildman–Crippen MR) is 80.1 cm³/mol. The summed E-state index contributed by atoms with van der Waals surface area (Å²) in [7, 11) is 0. The van der Waals surface area contributed by atoms with E-state index in [-0.39, 0.29) is 17.5 Å². The van der Waals surface area contributed by atoms with Crippen LogP contribution in [0.3, 0.4) is 0 Å². The largest absolute Gasteiger partial charge is 0.399 e. The van der Waals surface area contributed by atoms with Gasteiger partial charge in [-0.05, 0) is 42.7 Å². The third-order valence-electron chi connectivity index (χ3n) is 3.69. The molecule has 0 atom stereocenters. The Morgan fingerprint density at radius 1 is 1.14 bits per heavy atom. The van der Waals surface area contributed by atoms with Crippen LogP contribution in [0.4, 0.5) is 10.1 Å². The van der Waals surface area contributed by atoms with E-state index in [1.807, 2.05) is 24.3 Å². The van der Waals surface area contributed by atoms with Crippen molar-refractivity contribution in [3.8, 4) is 0 Å². The Balaban J connectivity index is 1.83. The lowest BCUT2D eigenvalue weighted by atomic mass is 10.1. The minimum absolute atomic E-state index is 0.139. The maximum atomic E-state index is 13.8. The van der Waals surface area contributed by atoms with Gasteiger partial charge >= 0.3 is 0 Å². The molecule has 3 nitrogen and oxygen atoms in total. The molecule has 1 aliphatic rings. The number of hydrogen-bond donors (Lipinski definition) is 1. The maximum absolute atomic E-state index is 13.8. The van der Waals surface area contributed by atoms with Crippen molar-refractivity contribution in [3.63, 3.8) is 0 Å². The normalized spacial score (nSPS) is 14.0. The topological polar surface area (TPSA) is 46.3 Å². The van der Waals surface area contributed by atoms with Crippen LogP contribution in [0.2, 0.25) is 0 Å². The first kappa shape index (κ1) is 13.6. The van der Waals surface area contributed by atoms with Crippen molar-refractivity contribution in [2.45, 2.75) is 25.4 Å². The Morgan fingerprint density at radius 2 is 1.81 bits per heavy atom. The van der Waals surface area contributed by atoms with Gasteiger partial charge in [-0.25, -0.2) is 4.39 Å². The lowest BCUT2D eigenvalue weighted by Crippen LogP contribution is -2.33. The van der Waals surface area contributed by atoms with Gasteiger partial charge in [0.1, 0.15) is 5.82 Å². The fraction of sp³-hybridized carbons (Fsp3) is 0.235. The van der Waals surface area contributed by atoms with Gasteiger partial charge in [-0.3, -0.25) is 4.79 Å². The van der Waals surface area contributed by atoms with Crippen molar-refractivity contribution in [2.24, 2.45) is 0 Å². The van der Waals surface area contributed by atoms with Crippen molar-refractivity contribution in [2.75, 3.05) is 5.73 Å². The van der Waals surface area contributed by atoms with Gasteiger partial charge in [0.15, 0.2) is 0 Å². The predicted octanol–water partition coefficient (Wildman–Crippen LogP) is 3.21. The minimum atomic E-state index is -0.467. The van der Waals surface area contributed by atoms with Crippen LogP contribution in [0.5, 0.6) is 0 Å². The molecule has 0 radical (unpaired) electrons. The Hall–Kier alpha value is -2.36. The van der Waals surface area contributed by atoms with Crippen LogP contribution in [0, 0.1) is 5.82 Å². The molecule has 2 aromatic carbocycles. The van der Waals surface area contributed by atoms with Gasteiger partial charge in [0.2, 0.25) is 0 Å². The average Bonchev–Trinajstić information content (AvgIpc) is 3.31. The molecule has 1 saturated carbocycles. The summed E-state index contributed by atoms with van der Waals surface area (Å²) < 4.78 is 13.8. The molecule has 0 aliphatic heterocycles. The SMILES string of the molecule is Nc1ccc(CN(C(=O)c2ccccc2F)C2CC2)cc1. The van der Waals surface area contributed by atoms with Crippen LogP contribution in [0.15, 0.2) is 48.5 Å². The molecule has 4 heteroatoms. The highest BCUT2D eigenvalue weighted by Gasteiger charge is 2.33. The molecule has 0 saturated heterocycles. The van der Waals surface area contributed by atoms with E-state index in [1.165, 1.54) is 12.1 Å². The molecule has 0 unspecified atom stereocenters. The maximum Gasteiger partial charge on any atom is 0.257 e. The van der Waals surface area contributed by atoms with Crippen LogP contribution < -0.4 is 5.73 Å². The molecule has 3 rings (SSSR count). The van der Waals surface area contributed by atoms with Crippen molar-refractivity contribution < 1.29 is 9.18 Å². The van der Waals surface area contributed by atoms with E-state index in [0.717, 1.165) is 18.4 Å². The second kappa shape index (κ2) is 5.56. The zero-order valence-corrected chi connectivity index (χ0v) is 11.6. The van der Waals surface area contributed by atoms with Crippen molar-refractivity contribution in [1.29, 1.82) is 0 Å². The van der Waals surface area contributed by atoms with Crippen LogP contribution >= 0.6 is 0 Å². The molecule has 0 aromatic heterocycles. The highest BCUT2D eigenvalue weighted by Crippen LogP contribution is 2.30. The summed E-state index contributed by atoms with van der Waals surface area (Å²) in [4.78, 5) is 14.3. The Kier molecular flexibility index (Phi) is 3.60. The van der Waals surface area contributed by atoms with E-state index in [4.69, 9.17) is 5.73 Å². The summed E-state index contributed by atoms with van der Waals surface area (Å²) in [5.41, 5.74) is 7.50. The van der Waals surface area contributed by atoms with Gasteiger partial charge in [0, 0.05) is 18.3 Å². The highest BCUT2D eigenvalue weighted by molar-refractivity contribution is 5.94. The van der Waals surface area contributed by atoms with Crippen LogP contribution in [-0.4, -0.2) is 16.8 Å². The van der Waals surface area contributed by atoms with E-state index < -0.39 is 5.82 Å². The second-order valence-corrected chi connectivity index (χ2v) is 5.39. The quantitative estimate of drug-likeness (QED) is 0.876. The number of nitrogens with two attached hydrogens (primary N) is 1. The number of nitrogen functional groups attached to an aromatic ring is 1. The summed E-state index contributed by atoms with van der Waals surface area (Å²) in [5, 5.41) is 0. The molecule has 0 spiro atoms. The standard InChI is InChI=1S/C17H17FN2O/c18-16-4-2-1-3-15(16)17(21)20(14-9-10-14)11-12-5-7-13(19)8-6-12/h1-8,14H,9-11,19H2. The lowest BCUT2D eigenvalue weighted by Gasteiger charge is -2.23. The fourth-order valence-electron chi connectivity index (χ4n) is 2.36. The Bertz CT molecular complexity index is 650. The van der Waals surface area contributed by atoms with Gasteiger partial charge in [-0.1, -0.05) is 24.3 Å². The van der Waals surface area contributed by atoms with Crippen molar-refractivity contribution in [3.05, 3.63) is 65.5 Å². The van der Waals surface area contributed by atoms with Gasteiger partial charge in [0.25, 0.3) is 5.91 Å². The number of carbonyl (C=O) groups is 1. The van der Waals surface area contributed by atoms with E-state index in [1.54, 1.807) is 17.0 Å². The number of nitrogens with zero attached hydrogens (tertiary/aromatic N) is 1. The molecule has 21 heavy (non-hydrogen) atoms. The smallest absolute Gasteiger partial charge is 0.257 e. The fourth-order valence-corrected chi connectivity index (χ4v) is 2.36. The number of rotatable bonds is 4. The number of amides is 1. The van der Waals surface area contributed by atoms with Crippen molar-refractivity contribution in [1.82, 2.24) is 4.90 Å². The number of anilines is 1. The molecule has 108 valence electrons. The Morgan fingerprint density at radius 3 is 2.43 bits per heavy atom. The molecular weight excluding hydrogens is 267 g/mol. The molecule has 1 fully saturated rings. The average molecular weight is 284 g/mol.